The minimum absolute atomic E-state index is 0.169. The lowest BCUT2D eigenvalue weighted by molar-refractivity contribution is -0.118. The van der Waals surface area contributed by atoms with E-state index in [2.05, 4.69) is 25.8 Å². The molecule has 2 heterocycles. The second kappa shape index (κ2) is 11.3. The maximum Gasteiger partial charge on any atom is 0.262 e. The highest BCUT2D eigenvalue weighted by atomic mass is 32.1. The molecule has 37 heavy (non-hydrogen) atoms. The molecule has 190 valence electrons. The minimum atomic E-state index is -0.295. The Labute approximate surface area is 218 Å². The standard InChI is InChI=1S/C27H27N5O4S/c1-34-19-7-5-6-18(13-19)31-24(33)15-36-21-11-10-17(12-22(21)35-2)14-30-32-26-25-20-8-3-4-9-23(20)37-27(25)29-16-28-26/h5-7,10-14,16H,3-4,8-9,15H2,1-2H3,(H,31,33)(H,28,29,32). The summed E-state index contributed by atoms with van der Waals surface area (Å²) in [7, 11) is 3.13. The minimum Gasteiger partial charge on any atom is -0.497 e. The number of rotatable bonds is 9. The molecule has 2 N–H and O–H groups in total. The fourth-order valence-corrected chi connectivity index (χ4v) is 5.50. The van der Waals surface area contributed by atoms with Crippen LogP contribution < -0.4 is 25.0 Å². The molecule has 10 heteroatoms. The Bertz CT molecular complexity index is 1450. The number of hydrogen-bond acceptors (Lipinski definition) is 9. The van der Waals surface area contributed by atoms with E-state index < -0.39 is 0 Å². The van der Waals surface area contributed by atoms with Crippen molar-refractivity contribution in [1.82, 2.24) is 9.97 Å². The Balaban J connectivity index is 1.23. The summed E-state index contributed by atoms with van der Waals surface area (Å²) < 4.78 is 16.3. The Hall–Kier alpha value is -4.18. The summed E-state index contributed by atoms with van der Waals surface area (Å²) in [5.74, 6) is 2.03. The third-order valence-corrected chi connectivity index (χ3v) is 7.24. The molecule has 0 spiro atoms. The first-order valence-corrected chi connectivity index (χ1v) is 12.8. The van der Waals surface area contributed by atoms with Crippen LogP contribution in [0.2, 0.25) is 0 Å². The van der Waals surface area contributed by atoms with Gasteiger partial charge in [0.2, 0.25) is 0 Å². The largest absolute Gasteiger partial charge is 0.497 e. The van der Waals surface area contributed by atoms with E-state index in [0.717, 1.165) is 34.4 Å². The predicted octanol–water partition coefficient (Wildman–Crippen LogP) is 5.05. The van der Waals surface area contributed by atoms with Crippen LogP contribution in [0.25, 0.3) is 10.2 Å². The van der Waals surface area contributed by atoms with Gasteiger partial charge >= 0.3 is 0 Å². The lowest BCUT2D eigenvalue weighted by atomic mass is 9.97. The van der Waals surface area contributed by atoms with Crippen molar-refractivity contribution in [2.75, 3.05) is 31.6 Å². The molecule has 0 saturated carbocycles. The molecule has 4 aromatic rings. The summed E-state index contributed by atoms with van der Waals surface area (Å²) in [6, 6.07) is 12.5. The highest BCUT2D eigenvalue weighted by Gasteiger charge is 2.19. The topological polar surface area (TPSA) is 107 Å². The van der Waals surface area contributed by atoms with Crippen LogP contribution in [0.5, 0.6) is 17.2 Å². The monoisotopic (exact) mass is 517 g/mol. The van der Waals surface area contributed by atoms with Gasteiger partial charge in [-0.25, -0.2) is 9.97 Å². The maximum atomic E-state index is 12.3. The molecule has 0 bridgehead atoms. The van der Waals surface area contributed by atoms with Gasteiger partial charge in [-0.05, 0) is 67.1 Å². The molecule has 0 saturated heterocycles. The van der Waals surface area contributed by atoms with Gasteiger partial charge in [0.1, 0.15) is 16.9 Å². The van der Waals surface area contributed by atoms with Gasteiger partial charge in [-0.1, -0.05) is 6.07 Å². The highest BCUT2D eigenvalue weighted by molar-refractivity contribution is 7.19. The molecule has 0 atom stereocenters. The first-order chi connectivity index (χ1) is 18.1. The Morgan fingerprint density at radius 1 is 1.08 bits per heavy atom. The molecule has 0 aliphatic heterocycles. The number of nitrogens with zero attached hydrogens (tertiary/aromatic N) is 3. The smallest absolute Gasteiger partial charge is 0.262 e. The summed E-state index contributed by atoms with van der Waals surface area (Å²) >= 11 is 1.75. The predicted molar refractivity (Wildman–Crippen MR) is 145 cm³/mol. The number of benzene rings is 2. The number of carbonyl (C=O) groups excluding carboxylic acids is 1. The molecule has 2 aromatic carbocycles. The normalized spacial score (nSPS) is 12.8. The zero-order chi connectivity index (χ0) is 25.6. The molecule has 0 fully saturated rings. The van der Waals surface area contributed by atoms with Crippen LogP contribution in [0.4, 0.5) is 11.5 Å². The van der Waals surface area contributed by atoms with Gasteiger partial charge in [-0.2, -0.15) is 5.10 Å². The zero-order valence-electron chi connectivity index (χ0n) is 20.6. The molecule has 1 aliphatic rings. The number of carbonyl (C=O) groups is 1. The average molecular weight is 518 g/mol. The summed E-state index contributed by atoms with van der Waals surface area (Å²) in [5, 5.41) is 8.26. The first kappa shape index (κ1) is 24.5. The summed E-state index contributed by atoms with van der Waals surface area (Å²) in [6.07, 6.45) is 7.83. The van der Waals surface area contributed by atoms with E-state index in [4.69, 9.17) is 14.2 Å². The summed E-state index contributed by atoms with van der Waals surface area (Å²) in [6.45, 7) is -0.169. The van der Waals surface area contributed by atoms with Gasteiger partial charge < -0.3 is 19.5 Å². The Morgan fingerprint density at radius 3 is 2.84 bits per heavy atom. The van der Waals surface area contributed by atoms with Crippen LogP contribution in [-0.4, -0.2) is 42.9 Å². The van der Waals surface area contributed by atoms with Gasteiger partial charge in [0.25, 0.3) is 5.91 Å². The molecule has 2 aromatic heterocycles. The van der Waals surface area contributed by atoms with E-state index in [0.29, 0.717) is 22.9 Å². The van der Waals surface area contributed by atoms with Crippen molar-refractivity contribution in [3.8, 4) is 17.2 Å². The molecule has 9 nitrogen and oxygen atoms in total. The van der Waals surface area contributed by atoms with Crippen LogP contribution in [0.3, 0.4) is 0 Å². The van der Waals surface area contributed by atoms with E-state index in [-0.39, 0.29) is 12.5 Å². The molecule has 0 radical (unpaired) electrons. The molecular weight excluding hydrogens is 490 g/mol. The lowest BCUT2D eigenvalue weighted by Crippen LogP contribution is -2.20. The third kappa shape index (κ3) is 5.64. The van der Waals surface area contributed by atoms with Crippen molar-refractivity contribution in [3.05, 3.63) is 64.8 Å². The summed E-state index contributed by atoms with van der Waals surface area (Å²) in [4.78, 5) is 23.6. The van der Waals surface area contributed by atoms with Crippen molar-refractivity contribution in [2.24, 2.45) is 5.10 Å². The number of aromatic nitrogens is 2. The number of hydrogen-bond donors (Lipinski definition) is 2. The van der Waals surface area contributed by atoms with Crippen LogP contribution >= 0.6 is 11.3 Å². The number of aryl methyl sites for hydroxylation is 2. The van der Waals surface area contributed by atoms with Crippen molar-refractivity contribution in [3.63, 3.8) is 0 Å². The maximum absolute atomic E-state index is 12.3. The van der Waals surface area contributed by atoms with Crippen LogP contribution in [-0.2, 0) is 17.6 Å². The molecule has 1 amide bonds. The number of nitrogens with one attached hydrogen (secondary N) is 2. The number of fused-ring (bicyclic) bond motifs is 3. The highest BCUT2D eigenvalue weighted by Crippen LogP contribution is 2.38. The Kier molecular flexibility index (Phi) is 7.46. The first-order valence-electron chi connectivity index (χ1n) is 11.9. The SMILES string of the molecule is COc1cccc(NC(=O)COc2ccc(C=NNc3ncnc4sc5c(c34)CCCC5)cc2OC)c1. The van der Waals surface area contributed by atoms with Crippen LogP contribution in [0.1, 0.15) is 28.8 Å². The quantitative estimate of drug-likeness (QED) is 0.236. The second-order valence-electron chi connectivity index (χ2n) is 8.46. The van der Waals surface area contributed by atoms with Crippen molar-refractivity contribution >= 4 is 45.2 Å². The number of amides is 1. The van der Waals surface area contributed by atoms with E-state index in [9.17, 15) is 4.79 Å². The van der Waals surface area contributed by atoms with E-state index in [1.54, 1.807) is 74.5 Å². The Morgan fingerprint density at radius 2 is 1.97 bits per heavy atom. The van der Waals surface area contributed by atoms with Gasteiger partial charge in [0.15, 0.2) is 23.9 Å². The van der Waals surface area contributed by atoms with Gasteiger partial charge in [0, 0.05) is 16.6 Å². The van der Waals surface area contributed by atoms with Crippen molar-refractivity contribution in [1.29, 1.82) is 0 Å². The number of ether oxygens (including phenoxy) is 3. The molecule has 0 unspecified atom stereocenters. The molecule has 1 aliphatic carbocycles. The van der Waals surface area contributed by atoms with Gasteiger partial charge in [-0.3, -0.25) is 10.2 Å². The van der Waals surface area contributed by atoms with E-state index in [1.165, 1.54) is 23.3 Å². The number of anilines is 2. The number of methoxy groups -OCH3 is 2. The van der Waals surface area contributed by atoms with Gasteiger partial charge in [0.05, 0.1) is 25.8 Å². The van der Waals surface area contributed by atoms with Crippen LogP contribution in [0, 0.1) is 0 Å². The van der Waals surface area contributed by atoms with Crippen molar-refractivity contribution in [2.45, 2.75) is 25.7 Å². The van der Waals surface area contributed by atoms with Crippen molar-refractivity contribution < 1.29 is 19.0 Å². The molecular formula is C27H27N5O4S. The fraction of sp³-hybridized carbons (Fsp3) is 0.259. The molecule has 5 rings (SSSR count). The van der Waals surface area contributed by atoms with Crippen LogP contribution in [0.15, 0.2) is 53.9 Å². The second-order valence-corrected chi connectivity index (χ2v) is 9.55. The zero-order valence-corrected chi connectivity index (χ0v) is 21.4. The van der Waals surface area contributed by atoms with E-state index >= 15 is 0 Å². The fourth-order valence-electron chi connectivity index (χ4n) is 4.27. The summed E-state index contributed by atoms with van der Waals surface area (Å²) in [5.41, 5.74) is 5.87. The third-order valence-electron chi connectivity index (χ3n) is 6.04. The average Bonchev–Trinajstić information content (AvgIpc) is 3.32. The van der Waals surface area contributed by atoms with E-state index in [1.807, 2.05) is 6.07 Å². The number of thiophene rings is 1. The van der Waals surface area contributed by atoms with Gasteiger partial charge in [-0.15, -0.1) is 11.3 Å². The number of hydrazone groups is 1. The lowest BCUT2D eigenvalue weighted by Gasteiger charge is -2.12.